The molecule has 4 saturated heterocycles. The molecule has 0 aliphatic carbocycles. The highest BCUT2D eigenvalue weighted by Gasteiger charge is 2.33. The smallest absolute Gasteiger partial charge is 0.318 e. The van der Waals surface area contributed by atoms with E-state index in [1.54, 1.807) is 13.2 Å². The Labute approximate surface area is 474 Å². The number of ether oxygens (including phenoxy) is 4. The third-order valence-electron chi connectivity index (χ3n) is 17.0. The first-order chi connectivity index (χ1) is 39.5. The predicted octanol–water partition coefficient (Wildman–Crippen LogP) is 6.69. The van der Waals surface area contributed by atoms with Gasteiger partial charge in [0.2, 0.25) is 11.8 Å². The lowest BCUT2D eigenvalue weighted by Gasteiger charge is -2.38. The molecule has 1 N–H and O–H groups in total. The van der Waals surface area contributed by atoms with Gasteiger partial charge in [-0.25, -0.2) is 0 Å². The van der Waals surface area contributed by atoms with Crippen LogP contribution in [-0.2, 0) is 40.3 Å². The Morgan fingerprint density at radius 2 is 1.05 bits per heavy atom. The number of benzene rings is 4. The fourth-order valence-corrected chi connectivity index (χ4v) is 12.4. The molecule has 4 aromatic carbocycles. The first-order valence-corrected chi connectivity index (χ1v) is 28.7. The summed E-state index contributed by atoms with van der Waals surface area (Å²) in [7, 11) is 5.92. The summed E-state index contributed by atoms with van der Waals surface area (Å²) in [5.74, 6) is 2.83. The molecular formula is C62H76N12O7. The average Bonchev–Trinajstić information content (AvgIpc) is 4.24. The number of aromatic hydroxyl groups is 1. The van der Waals surface area contributed by atoms with Crippen LogP contribution in [0.5, 0.6) is 23.5 Å². The third-order valence-corrected chi connectivity index (χ3v) is 17.0. The van der Waals surface area contributed by atoms with Gasteiger partial charge in [0.25, 0.3) is 0 Å². The van der Waals surface area contributed by atoms with E-state index in [1.807, 2.05) is 40.1 Å². The molecule has 0 radical (unpaired) electrons. The lowest BCUT2D eigenvalue weighted by Crippen LogP contribution is -2.49. The molecule has 0 bridgehead atoms. The summed E-state index contributed by atoms with van der Waals surface area (Å²) in [5.41, 5.74) is 6.36. The van der Waals surface area contributed by atoms with Gasteiger partial charge in [-0.05, 0) is 101 Å². The molecule has 6 aliphatic heterocycles. The van der Waals surface area contributed by atoms with E-state index in [9.17, 15) is 14.7 Å². The first kappa shape index (κ1) is 55.2. The minimum atomic E-state index is -0.0296. The molecule has 19 heteroatoms. The van der Waals surface area contributed by atoms with Crippen LogP contribution in [0, 0.1) is 0 Å². The summed E-state index contributed by atoms with van der Waals surface area (Å²) in [6.45, 7) is 19.0. The number of phenols is 1. The summed E-state index contributed by atoms with van der Waals surface area (Å²) in [6, 6.07) is 25.9. The zero-order valence-electron chi connectivity index (χ0n) is 47.2. The second kappa shape index (κ2) is 25.0. The molecule has 0 spiro atoms. The molecule has 6 aliphatic rings. The van der Waals surface area contributed by atoms with E-state index in [0.29, 0.717) is 103 Å². The number of carbonyl (C=O) groups is 2. The molecule has 0 saturated carbocycles. The van der Waals surface area contributed by atoms with Crippen LogP contribution in [0.2, 0.25) is 0 Å². The van der Waals surface area contributed by atoms with Crippen LogP contribution in [-0.4, -0.2) is 188 Å². The van der Waals surface area contributed by atoms with Gasteiger partial charge in [-0.2, -0.15) is 19.9 Å². The number of fused-ring (bicyclic) bond motifs is 4. The van der Waals surface area contributed by atoms with Crippen molar-refractivity contribution in [2.75, 3.05) is 139 Å². The number of piperazine rings is 2. The van der Waals surface area contributed by atoms with Gasteiger partial charge >= 0.3 is 12.0 Å². The van der Waals surface area contributed by atoms with Crippen molar-refractivity contribution in [2.45, 2.75) is 63.7 Å². The van der Waals surface area contributed by atoms with Crippen molar-refractivity contribution in [1.29, 1.82) is 0 Å². The fraction of sp³-hybridized carbons (Fsp3) is 0.452. The third kappa shape index (κ3) is 12.3. The maximum Gasteiger partial charge on any atom is 0.318 e. The summed E-state index contributed by atoms with van der Waals surface area (Å²) >= 11 is 0. The van der Waals surface area contributed by atoms with Gasteiger partial charge in [-0.1, -0.05) is 61.7 Å². The van der Waals surface area contributed by atoms with Gasteiger partial charge in [-0.15, -0.1) is 0 Å². The van der Waals surface area contributed by atoms with Crippen molar-refractivity contribution in [1.82, 2.24) is 39.5 Å². The highest BCUT2D eigenvalue weighted by molar-refractivity contribution is 5.97. The number of anilines is 4. The standard InChI is InChI=1S/C32H40N6O4.C30H36N6O3/c1-4-30(39)36-14-16-37(17-15-36)31-27-11-13-38(20-28(27)33-32(34-31)41-21-24-9-7-12-35(24)2)29-19-25(42-22-40-3)18-23-8-5-6-10-26(23)29;1-3-28(38)34-13-15-35(16-14-34)29-25-10-12-36(27-18-23(37)17-21-7-4-5-9-24(21)27)19-26(25)31-30(32-29)39-20-22-8-6-11-33(22)2/h4-6,8,10,18-19,24H,1,7,9,11-17,20-22H2,2-3H3;3-5,7,9,17-18,22,37H,1,6,8,10-16,19-20H2,2H3. The van der Waals surface area contributed by atoms with E-state index in [-0.39, 0.29) is 24.4 Å². The second-order valence-corrected chi connectivity index (χ2v) is 22.0. The van der Waals surface area contributed by atoms with E-state index in [4.69, 9.17) is 38.9 Å². The number of hydrogen-bond acceptors (Lipinski definition) is 17. The largest absolute Gasteiger partial charge is 0.508 e. The number of rotatable bonds is 15. The summed E-state index contributed by atoms with van der Waals surface area (Å²) < 4.78 is 23.6. The summed E-state index contributed by atoms with van der Waals surface area (Å²) in [6.07, 6.45) is 8.97. The highest BCUT2D eigenvalue weighted by Crippen LogP contribution is 2.39. The molecular weight excluding hydrogens is 1020 g/mol. The average molecular weight is 1100 g/mol. The number of amides is 2. The lowest BCUT2D eigenvalue weighted by atomic mass is 10.0. The minimum absolute atomic E-state index is 0.0244. The maximum atomic E-state index is 12.2. The molecule has 2 aromatic heterocycles. The van der Waals surface area contributed by atoms with Crippen LogP contribution in [0.3, 0.4) is 0 Å². The Hall–Kier alpha value is -7.74. The predicted molar refractivity (Wildman–Crippen MR) is 316 cm³/mol. The minimum Gasteiger partial charge on any atom is -0.508 e. The van der Waals surface area contributed by atoms with Gasteiger partial charge in [0.05, 0.1) is 24.5 Å². The Kier molecular flexibility index (Phi) is 17.0. The van der Waals surface area contributed by atoms with Crippen molar-refractivity contribution in [2.24, 2.45) is 0 Å². The maximum absolute atomic E-state index is 12.2. The van der Waals surface area contributed by atoms with Crippen molar-refractivity contribution in [3.05, 3.63) is 121 Å². The van der Waals surface area contributed by atoms with Crippen LogP contribution in [0.25, 0.3) is 21.5 Å². The molecule has 19 nitrogen and oxygen atoms in total. The van der Waals surface area contributed by atoms with Crippen molar-refractivity contribution >= 4 is 56.4 Å². The monoisotopic (exact) mass is 1100 g/mol. The van der Waals surface area contributed by atoms with Gasteiger partial charge in [0.1, 0.15) is 36.3 Å². The quantitative estimate of drug-likeness (QED) is 0.0852. The number of phenolic OH excluding ortho intramolecular Hbond substituents is 1. The number of aromatic nitrogens is 4. The fourth-order valence-electron chi connectivity index (χ4n) is 12.4. The highest BCUT2D eigenvalue weighted by atomic mass is 16.7. The van der Waals surface area contributed by atoms with E-state index < -0.39 is 0 Å². The normalized spacial score (nSPS) is 19.5. The summed E-state index contributed by atoms with van der Waals surface area (Å²) in [5, 5.41) is 14.9. The lowest BCUT2D eigenvalue weighted by molar-refractivity contribution is -0.127. The second-order valence-electron chi connectivity index (χ2n) is 22.0. The molecule has 8 heterocycles. The van der Waals surface area contributed by atoms with Crippen LogP contribution >= 0.6 is 0 Å². The Morgan fingerprint density at radius 1 is 0.580 bits per heavy atom. The van der Waals surface area contributed by atoms with E-state index >= 15 is 0 Å². The van der Waals surface area contributed by atoms with E-state index in [2.05, 4.69) is 93.1 Å². The number of likely N-dealkylation sites (tertiary alicyclic amines) is 2. The van der Waals surface area contributed by atoms with Crippen LogP contribution in [0.15, 0.2) is 98.1 Å². The van der Waals surface area contributed by atoms with Crippen LogP contribution in [0.1, 0.15) is 48.2 Å². The van der Waals surface area contributed by atoms with Crippen molar-refractivity contribution in [3.8, 4) is 23.5 Å². The number of methoxy groups -OCH3 is 1. The van der Waals surface area contributed by atoms with Gasteiger partial charge in [0.15, 0.2) is 6.79 Å². The van der Waals surface area contributed by atoms with Gasteiger partial charge < -0.3 is 63.3 Å². The number of likely N-dealkylation sites (N-methyl/N-ethyl adjacent to an activating group) is 2. The SMILES string of the molecule is C=CC(=O)N1CCN(c2nc(OCC3CCCN3C)nc3c2CCN(c2cc(O)cc4ccccc24)C3)CC1.C=CC(=O)N1CCN(c2nc(OCC3CCCN3C)nc3c2CCN(c2cc(OCOC)cc4ccccc24)C3)CC1. The van der Waals surface area contributed by atoms with Crippen molar-refractivity contribution in [3.63, 3.8) is 0 Å². The Bertz CT molecular complexity index is 3250. The first-order valence-electron chi connectivity index (χ1n) is 28.7. The molecule has 12 rings (SSSR count). The molecule has 2 unspecified atom stereocenters. The molecule has 2 atom stereocenters. The molecule has 426 valence electrons. The number of hydrogen-bond donors (Lipinski definition) is 1. The van der Waals surface area contributed by atoms with Crippen LogP contribution in [0.4, 0.5) is 23.0 Å². The topological polar surface area (TPSA) is 169 Å². The van der Waals surface area contributed by atoms with Crippen LogP contribution < -0.4 is 33.8 Å². The number of carbonyl (C=O) groups excluding carboxylic acids is 2. The zero-order chi connectivity index (χ0) is 56.0. The Balaban J connectivity index is 0.000000171. The molecule has 2 amide bonds. The number of nitrogens with zero attached hydrogens (tertiary/aromatic N) is 12. The zero-order valence-corrected chi connectivity index (χ0v) is 47.2. The van der Waals surface area contributed by atoms with Gasteiger partial charge in [0, 0.05) is 130 Å². The molecule has 4 fully saturated rings. The van der Waals surface area contributed by atoms with Gasteiger partial charge in [-0.3, -0.25) is 9.59 Å². The summed E-state index contributed by atoms with van der Waals surface area (Å²) in [4.78, 5) is 61.7. The van der Waals surface area contributed by atoms with Crippen molar-refractivity contribution < 1.29 is 33.6 Å². The van der Waals surface area contributed by atoms with E-state index in [1.165, 1.54) is 30.4 Å². The van der Waals surface area contributed by atoms with E-state index in [0.717, 1.165) is 119 Å². The Morgan fingerprint density at radius 3 is 1.51 bits per heavy atom. The molecule has 6 aromatic rings. The molecule has 81 heavy (non-hydrogen) atoms.